The lowest BCUT2D eigenvalue weighted by Gasteiger charge is -2.37. The Morgan fingerprint density at radius 1 is 1.33 bits per heavy atom. The maximum absolute atomic E-state index is 13.9. The van der Waals surface area contributed by atoms with Crippen LogP contribution in [0.2, 0.25) is 0 Å². The van der Waals surface area contributed by atoms with Crippen LogP contribution in [0.4, 0.5) is 4.39 Å². The largest absolute Gasteiger partial charge is 0.389 e. The second kappa shape index (κ2) is 6.27. The Morgan fingerprint density at radius 2 is 2.10 bits per heavy atom. The third-order valence-electron chi connectivity index (χ3n) is 4.91. The molecule has 4 heteroatoms. The Bertz CT molecular complexity index is 500. The molecule has 1 aromatic rings. The van der Waals surface area contributed by atoms with E-state index in [-0.39, 0.29) is 11.9 Å². The number of benzene rings is 1. The van der Waals surface area contributed by atoms with Gasteiger partial charge in [-0.05, 0) is 55.4 Å². The van der Waals surface area contributed by atoms with Crippen LogP contribution in [-0.4, -0.2) is 23.0 Å². The maximum Gasteiger partial charge on any atom is 0.137 e. The zero-order valence-corrected chi connectivity index (χ0v) is 13.4. The predicted molar refractivity (Wildman–Crippen MR) is 85.1 cm³/mol. The van der Waals surface area contributed by atoms with Crippen molar-refractivity contribution >= 4 is 11.8 Å². The van der Waals surface area contributed by atoms with Crippen molar-refractivity contribution in [1.29, 1.82) is 0 Å². The van der Waals surface area contributed by atoms with E-state index in [0.717, 1.165) is 54.2 Å². The molecule has 0 radical (unpaired) electrons. The van der Waals surface area contributed by atoms with Gasteiger partial charge in [0.2, 0.25) is 0 Å². The standard InChI is InChI=1S/C17H24FNOS/c1-12-5-8-17(20,9-6-12)11-19-15-7-10-21-16-13(15)3-2-4-14(16)18/h2-4,12,15,19-20H,5-11H2,1H3. The third kappa shape index (κ3) is 3.43. The number of aliphatic hydroxyl groups is 1. The van der Waals surface area contributed by atoms with E-state index in [4.69, 9.17) is 0 Å². The molecule has 1 saturated carbocycles. The Labute approximate surface area is 130 Å². The van der Waals surface area contributed by atoms with Gasteiger partial charge in [0.1, 0.15) is 5.82 Å². The van der Waals surface area contributed by atoms with Gasteiger partial charge in [-0.15, -0.1) is 11.8 Å². The first-order valence-electron chi connectivity index (χ1n) is 7.94. The maximum atomic E-state index is 13.9. The summed E-state index contributed by atoms with van der Waals surface area (Å²) >= 11 is 1.60. The van der Waals surface area contributed by atoms with Gasteiger partial charge in [-0.1, -0.05) is 19.1 Å². The van der Waals surface area contributed by atoms with Crippen LogP contribution in [-0.2, 0) is 0 Å². The van der Waals surface area contributed by atoms with Crippen LogP contribution < -0.4 is 5.32 Å². The lowest BCUT2D eigenvalue weighted by Crippen LogP contribution is -2.44. The number of halogens is 1. The Hall–Kier alpha value is -0.580. The van der Waals surface area contributed by atoms with E-state index in [1.807, 2.05) is 6.07 Å². The molecule has 0 aromatic heterocycles. The van der Waals surface area contributed by atoms with Crippen molar-refractivity contribution in [2.24, 2.45) is 5.92 Å². The predicted octanol–water partition coefficient (Wildman–Crippen LogP) is 3.89. The molecular weight excluding hydrogens is 285 g/mol. The third-order valence-corrected chi connectivity index (χ3v) is 6.07. The molecule has 0 saturated heterocycles. The van der Waals surface area contributed by atoms with Crippen LogP contribution in [0.5, 0.6) is 0 Å². The second-order valence-electron chi connectivity index (χ2n) is 6.64. The van der Waals surface area contributed by atoms with Gasteiger partial charge in [-0.2, -0.15) is 0 Å². The van der Waals surface area contributed by atoms with Crippen LogP contribution in [0.3, 0.4) is 0 Å². The Morgan fingerprint density at radius 3 is 2.86 bits per heavy atom. The van der Waals surface area contributed by atoms with E-state index >= 15 is 0 Å². The average molecular weight is 309 g/mol. The van der Waals surface area contributed by atoms with E-state index in [2.05, 4.69) is 12.2 Å². The van der Waals surface area contributed by atoms with Gasteiger partial charge in [-0.25, -0.2) is 4.39 Å². The normalized spacial score (nSPS) is 32.7. The van der Waals surface area contributed by atoms with Gasteiger partial charge < -0.3 is 10.4 Å². The number of rotatable bonds is 3. The number of nitrogens with one attached hydrogen (secondary N) is 1. The molecule has 2 nitrogen and oxygen atoms in total. The van der Waals surface area contributed by atoms with E-state index in [0.29, 0.717) is 6.54 Å². The highest BCUT2D eigenvalue weighted by molar-refractivity contribution is 7.99. The molecule has 1 fully saturated rings. The zero-order valence-electron chi connectivity index (χ0n) is 12.6. The van der Waals surface area contributed by atoms with Crippen molar-refractivity contribution in [3.63, 3.8) is 0 Å². The molecule has 2 N–H and O–H groups in total. The van der Waals surface area contributed by atoms with Crippen molar-refractivity contribution in [2.45, 2.75) is 55.6 Å². The fraction of sp³-hybridized carbons (Fsp3) is 0.647. The summed E-state index contributed by atoms with van der Waals surface area (Å²) < 4.78 is 13.9. The minimum atomic E-state index is -0.579. The molecule has 3 rings (SSSR count). The van der Waals surface area contributed by atoms with Gasteiger partial charge in [0.25, 0.3) is 0 Å². The molecule has 0 bridgehead atoms. The molecule has 1 heterocycles. The van der Waals surface area contributed by atoms with Crippen LogP contribution in [0.1, 0.15) is 50.6 Å². The highest BCUT2D eigenvalue weighted by atomic mass is 32.2. The molecule has 2 aliphatic rings. The van der Waals surface area contributed by atoms with Crippen molar-refractivity contribution < 1.29 is 9.50 Å². The molecule has 1 aromatic carbocycles. The summed E-state index contributed by atoms with van der Waals surface area (Å²) in [6.45, 7) is 2.87. The minimum Gasteiger partial charge on any atom is -0.389 e. The van der Waals surface area contributed by atoms with Crippen molar-refractivity contribution in [2.75, 3.05) is 12.3 Å². The molecule has 1 unspecified atom stereocenters. The monoisotopic (exact) mass is 309 g/mol. The molecule has 1 aliphatic carbocycles. The molecule has 0 spiro atoms. The lowest BCUT2D eigenvalue weighted by molar-refractivity contribution is -0.00838. The fourth-order valence-electron chi connectivity index (χ4n) is 3.39. The van der Waals surface area contributed by atoms with Gasteiger partial charge in [0, 0.05) is 17.5 Å². The SMILES string of the molecule is CC1CCC(O)(CNC2CCSc3c(F)cccc32)CC1. The summed E-state index contributed by atoms with van der Waals surface area (Å²) in [6, 6.07) is 5.49. The van der Waals surface area contributed by atoms with E-state index in [1.165, 1.54) is 6.07 Å². The van der Waals surface area contributed by atoms with Crippen molar-refractivity contribution in [1.82, 2.24) is 5.32 Å². The minimum absolute atomic E-state index is 0.116. The van der Waals surface area contributed by atoms with E-state index < -0.39 is 5.60 Å². The first kappa shape index (κ1) is 15.3. The number of hydrogen-bond donors (Lipinski definition) is 2. The topological polar surface area (TPSA) is 32.3 Å². The molecule has 116 valence electrons. The van der Waals surface area contributed by atoms with Crippen molar-refractivity contribution in [3.05, 3.63) is 29.6 Å². The van der Waals surface area contributed by atoms with E-state index in [1.54, 1.807) is 17.8 Å². The van der Waals surface area contributed by atoms with Crippen LogP contribution in [0, 0.1) is 11.7 Å². The first-order chi connectivity index (χ1) is 10.1. The Kier molecular flexibility index (Phi) is 4.57. The number of fused-ring (bicyclic) bond motifs is 1. The first-order valence-corrected chi connectivity index (χ1v) is 8.93. The lowest BCUT2D eigenvalue weighted by atomic mass is 9.79. The quantitative estimate of drug-likeness (QED) is 0.888. The number of hydrogen-bond acceptors (Lipinski definition) is 3. The van der Waals surface area contributed by atoms with Crippen LogP contribution in [0.25, 0.3) is 0 Å². The van der Waals surface area contributed by atoms with E-state index in [9.17, 15) is 9.50 Å². The van der Waals surface area contributed by atoms with Crippen LogP contribution in [0.15, 0.2) is 23.1 Å². The second-order valence-corrected chi connectivity index (χ2v) is 7.74. The highest BCUT2D eigenvalue weighted by Crippen LogP contribution is 2.38. The summed E-state index contributed by atoms with van der Waals surface area (Å²) in [4.78, 5) is 0.783. The summed E-state index contributed by atoms with van der Waals surface area (Å²) in [5.41, 5.74) is 0.476. The van der Waals surface area contributed by atoms with Gasteiger partial charge >= 0.3 is 0 Å². The van der Waals surface area contributed by atoms with Crippen molar-refractivity contribution in [3.8, 4) is 0 Å². The Balaban J connectivity index is 1.66. The van der Waals surface area contributed by atoms with Crippen LogP contribution >= 0.6 is 11.8 Å². The molecule has 1 atom stereocenters. The van der Waals surface area contributed by atoms with Gasteiger partial charge in [-0.3, -0.25) is 0 Å². The fourth-order valence-corrected chi connectivity index (χ4v) is 4.53. The summed E-state index contributed by atoms with van der Waals surface area (Å²) in [5, 5.41) is 14.2. The number of thioether (sulfide) groups is 1. The molecule has 0 amide bonds. The summed E-state index contributed by atoms with van der Waals surface area (Å²) in [5.74, 6) is 1.54. The molecule has 1 aliphatic heterocycles. The molecular formula is C17H24FNOS. The summed E-state index contributed by atoms with van der Waals surface area (Å²) in [7, 11) is 0. The summed E-state index contributed by atoms with van der Waals surface area (Å²) in [6.07, 6.45) is 4.94. The van der Waals surface area contributed by atoms with Gasteiger partial charge in [0.15, 0.2) is 0 Å². The molecule has 21 heavy (non-hydrogen) atoms. The zero-order chi connectivity index (χ0) is 14.9. The van der Waals surface area contributed by atoms with Gasteiger partial charge in [0.05, 0.1) is 5.60 Å². The average Bonchev–Trinajstić information content (AvgIpc) is 2.49. The highest BCUT2D eigenvalue weighted by Gasteiger charge is 2.33. The smallest absolute Gasteiger partial charge is 0.137 e.